The van der Waals surface area contributed by atoms with Crippen molar-refractivity contribution in [3.05, 3.63) is 63.2 Å². The number of aromatic nitrogens is 4. The normalized spacial score (nSPS) is 12.1. The highest BCUT2D eigenvalue weighted by Gasteiger charge is 2.12. The highest BCUT2D eigenvalue weighted by atomic mass is 32.1. The highest BCUT2D eigenvalue weighted by Crippen LogP contribution is 2.28. The largest absolute Gasteiger partial charge is 0.493 e. The highest BCUT2D eigenvalue weighted by molar-refractivity contribution is 7.15. The van der Waals surface area contributed by atoms with Crippen LogP contribution in [0.1, 0.15) is 19.4 Å². The molecule has 0 radical (unpaired) electrons. The van der Waals surface area contributed by atoms with E-state index < -0.39 is 0 Å². The lowest BCUT2D eigenvalue weighted by Gasteiger charge is -2.12. The van der Waals surface area contributed by atoms with Crippen LogP contribution in [0.5, 0.6) is 11.5 Å². The van der Waals surface area contributed by atoms with Crippen LogP contribution in [-0.4, -0.2) is 33.3 Å². The van der Waals surface area contributed by atoms with Gasteiger partial charge in [-0.2, -0.15) is 9.50 Å². The number of fused-ring (bicyclic) bond motifs is 1. The van der Waals surface area contributed by atoms with Crippen LogP contribution in [0.3, 0.4) is 0 Å². The molecule has 0 spiro atoms. The molecule has 8 heteroatoms. The SMILES string of the molecule is COc1cc(C=c2sc3nc(-c4ccncc4)nn3c2=O)ccc1OCC(C)C. The summed E-state index contributed by atoms with van der Waals surface area (Å²) in [5.41, 5.74) is 1.47. The second-order valence-electron chi connectivity index (χ2n) is 6.90. The van der Waals surface area contributed by atoms with Crippen LogP contribution in [-0.2, 0) is 0 Å². The molecule has 0 aliphatic heterocycles. The van der Waals surface area contributed by atoms with Crippen molar-refractivity contribution in [2.24, 2.45) is 5.92 Å². The lowest BCUT2D eigenvalue weighted by molar-refractivity contribution is 0.257. The second kappa shape index (κ2) is 8.00. The average molecular weight is 408 g/mol. The maximum atomic E-state index is 12.7. The Morgan fingerprint density at radius 2 is 1.97 bits per heavy atom. The summed E-state index contributed by atoms with van der Waals surface area (Å²) < 4.78 is 13.1. The zero-order valence-electron chi connectivity index (χ0n) is 16.3. The van der Waals surface area contributed by atoms with Gasteiger partial charge < -0.3 is 9.47 Å². The summed E-state index contributed by atoms with van der Waals surface area (Å²) in [6, 6.07) is 9.23. The molecule has 0 bridgehead atoms. The van der Waals surface area contributed by atoms with E-state index in [1.165, 1.54) is 15.9 Å². The van der Waals surface area contributed by atoms with Crippen molar-refractivity contribution in [1.29, 1.82) is 0 Å². The predicted molar refractivity (Wildman–Crippen MR) is 112 cm³/mol. The number of ether oxygens (including phenoxy) is 2. The second-order valence-corrected chi connectivity index (χ2v) is 7.91. The summed E-state index contributed by atoms with van der Waals surface area (Å²) in [4.78, 5) is 21.8. The molecular weight excluding hydrogens is 388 g/mol. The first kappa shape index (κ1) is 19.1. The molecule has 4 rings (SSSR count). The minimum atomic E-state index is -0.197. The maximum absolute atomic E-state index is 12.7. The van der Waals surface area contributed by atoms with Gasteiger partial charge in [0.2, 0.25) is 4.96 Å². The smallest absolute Gasteiger partial charge is 0.291 e. The third kappa shape index (κ3) is 3.97. The van der Waals surface area contributed by atoms with Gasteiger partial charge in [-0.3, -0.25) is 9.78 Å². The first-order valence-corrected chi connectivity index (χ1v) is 9.99. The third-order valence-electron chi connectivity index (χ3n) is 4.18. The van der Waals surface area contributed by atoms with Gasteiger partial charge in [-0.15, -0.1) is 5.10 Å². The summed E-state index contributed by atoms with van der Waals surface area (Å²) in [5.74, 6) is 2.24. The summed E-state index contributed by atoms with van der Waals surface area (Å²) in [7, 11) is 1.60. The first-order chi connectivity index (χ1) is 14.0. The van der Waals surface area contributed by atoms with Crippen LogP contribution in [0.4, 0.5) is 0 Å². The van der Waals surface area contributed by atoms with Crippen LogP contribution in [0.2, 0.25) is 0 Å². The Morgan fingerprint density at radius 1 is 1.17 bits per heavy atom. The van der Waals surface area contributed by atoms with Gasteiger partial charge in [0.15, 0.2) is 17.3 Å². The Morgan fingerprint density at radius 3 is 2.66 bits per heavy atom. The molecule has 0 atom stereocenters. The molecule has 3 aromatic heterocycles. The van der Waals surface area contributed by atoms with Gasteiger partial charge in [0.1, 0.15) is 0 Å². The molecule has 148 valence electrons. The topological polar surface area (TPSA) is 78.6 Å². The Balaban J connectivity index is 1.68. The molecule has 0 N–H and O–H groups in total. The van der Waals surface area contributed by atoms with E-state index in [4.69, 9.17) is 9.47 Å². The lowest BCUT2D eigenvalue weighted by atomic mass is 10.2. The number of hydrogen-bond donors (Lipinski definition) is 0. The monoisotopic (exact) mass is 408 g/mol. The van der Waals surface area contributed by atoms with E-state index in [1.54, 1.807) is 19.5 Å². The van der Waals surface area contributed by atoms with Crippen LogP contribution >= 0.6 is 11.3 Å². The van der Waals surface area contributed by atoms with E-state index in [2.05, 4.69) is 28.9 Å². The molecule has 0 saturated carbocycles. The van der Waals surface area contributed by atoms with E-state index in [0.29, 0.717) is 39.3 Å². The van der Waals surface area contributed by atoms with E-state index in [1.807, 2.05) is 36.4 Å². The van der Waals surface area contributed by atoms with Crippen molar-refractivity contribution < 1.29 is 9.47 Å². The third-order valence-corrected chi connectivity index (χ3v) is 5.14. The van der Waals surface area contributed by atoms with E-state index in [-0.39, 0.29) is 5.56 Å². The van der Waals surface area contributed by atoms with Crippen molar-refractivity contribution in [2.75, 3.05) is 13.7 Å². The minimum Gasteiger partial charge on any atom is -0.493 e. The quantitative estimate of drug-likeness (QED) is 0.488. The Bertz CT molecular complexity index is 1250. The van der Waals surface area contributed by atoms with E-state index >= 15 is 0 Å². The molecule has 0 aliphatic carbocycles. The number of pyridine rings is 1. The molecule has 1 aromatic carbocycles. The van der Waals surface area contributed by atoms with Crippen molar-refractivity contribution in [2.45, 2.75) is 13.8 Å². The van der Waals surface area contributed by atoms with Crippen molar-refractivity contribution in [3.63, 3.8) is 0 Å². The molecule has 0 aliphatic rings. The summed E-state index contributed by atoms with van der Waals surface area (Å²) in [6.07, 6.45) is 5.15. The Kier molecular flexibility index (Phi) is 5.26. The van der Waals surface area contributed by atoms with Crippen molar-refractivity contribution in [1.82, 2.24) is 19.6 Å². The Hall–Kier alpha value is -3.26. The number of hydrogen-bond acceptors (Lipinski definition) is 7. The zero-order chi connectivity index (χ0) is 20.4. The zero-order valence-corrected chi connectivity index (χ0v) is 17.1. The number of rotatable bonds is 6. The van der Waals surface area contributed by atoms with Gasteiger partial charge in [0, 0.05) is 18.0 Å². The van der Waals surface area contributed by atoms with Crippen LogP contribution in [0.25, 0.3) is 22.4 Å². The van der Waals surface area contributed by atoms with E-state index in [9.17, 15) is 4.79 Å². The molecule has 29 heavy (non-hydrogen) atoms. The van der Waals surface area contributed by atoms with E-state index in [0.717, 1.165) is 11.1 Å². The van der Waals surface area contributed by atoms with Crippen molar-refractivity contribution in [3.8, 4) is 22.9 Å². The van der Waals surface area contributed by atoms with Crippen LogP contribution in [0, 0.1) is 5.92 Å². The molecule has 0 unspecified atom stereocenters. The molecule has 7 nitrogen and oxygen atoms in total. The fourth-order valence-electron chi connectivity index (χ4n) is 2.76. The predicted octanol–water partition coefficient (Wildman–Crippen LogP) is 2.80. The van der Waals surface area contributed by atoms with Gasteiger partial charge in [-0.25, -0.2) is 0 Å². The maximum Gasteiger partial charge on any atom is 0.291 e. The lowest BCUT2D eigenvalue weighted by Crippen LogP contribution is -2.23. The average Bonchev–Trinajstić information content (AvgIpc) is 3.27. The van der Waals surface area contributed by atoms with Crippen LogP contribution < -0.4 is 19.6 Å². The fraction of sp³-hybridized carbons (Fsp3) is 0.238. The summed E-state index contributed by atoms with van der Waals surface area (Å²) in [5, 5.41) is 4.34. The molecule has 4 aromatic rings. The summed E-state index contributed by atoms with van der Waals surface area (Å²) >= 11 is 1.30. The van der Waals surface area contributed by atoms with Gasteiger partial charge in [0.05, 0.1) is 18.2 Å². The molecule has 3 heterocycles. The molecule has 0 amide bonds. The number of methoxy groups -OCH3 is 1. The molecule has 0 saturated heterocycles. The standard InChI is InChI=1S/C21H20N4O3S/c1-13(2)12-28-16-5-4-14(10-17(16)27-3)11-18-20(26)25-21(29-18)23-19(24-25)15-6-8-22-9-7-15/h4-11,13H,12H2,1-3H3. The summed E-state index contributed by atoms with van der Waals surface area (Å²) in [6.45, 7) is 4.79. The number of nitrogens with zero attached hydrogens (tertiary/aromatic N) is 4. The molecule has 0 fully saturated rings. The fourth-order valence-corrected chi connectivity index (χ4v) is 3.67. The van der Waals surface area contributed by atoms with Gasteiger partial charge >= 0.3 is 0 Å². The van der Waals surface area contributed by atoms with Gasteiger partial charge in [0.25, 0.3) is 5.56 Å². The van der Waals surface area contributed by atoms with Crippen molar-refractivity contribution >= 4 is 22.4 Å². The molecular formula is C21H20N4O3S. The Labute approximate surface area is 171 Å². The van der Waals surface area contributed by atoms with Gasteiger partial charge in [-0.1, -0.05) is 31.3 Å². The van der Waals surface area contributed by atoms with Gasteiger partial charge in [-0.05, 0) is 41.8 Å². The minimum absolute atomic E-state index is 0.197. The number of thiazole rings is 1. The first-order valence-electron chi connectivity index (χ1n) is 9.17. The van der Waals surface area contributed by atoms with Crippen LogP contribution in [0.15, 0.2) is 47.5 Å². The number of benzene rings is 1.